The Balaban J connectivity index is 2.52. The third-order valence-corrected chi connectivity index (χ3v) is 4.24. The van der Waals surface area contributed by atoms with Crippen LogP contribution in [0.4, 0.5) is 4.79 Å². The standard InChI is InChI=1S/C15H20N2O4/c1-15(2)10-6-9(13(16)18)5-4-8(10)7-11(21-3)12(15)17-14(19)20/h4-6,11-12,17H,7H2,1-3H3,(H2,16,18)(H,19,20)/t11-,12+/m1/s1. The molecule has 0 aromatic heterocycles. The SMILES string of the molecule is CO[C@@H]1Cc2ccc(C(N)=O)cc2C(C)(C)[C@H]1NC(=O)O. The van der Waals surface area contributed by atoms with Gasteiger partial charge >= 0.3 is 6.09 Å². The molecule has 0 saturated carbocycles. The van der Waals surface area contributed by atoms with Crippen molar-refractivity contribution in [3.05, 3.63) is 34.9 Å². The zero-order chi connectivity index (χ0) is 15.8. The minimum absolute atomic E-state index is 0.261. The molecule has 0 saturated heterocycles. The third kappa shape index (κ3) is 2.71. The smallest absolute Gasteiger partial charge is 0.404 e. The minimum atomic E-state index is -1.09. The summed E-state index contributed by atoms with van der Waals surface area (Å²) in [7, 11) is 1.57. The van der Waals surface area contributed by atoms with Crippen LogP contribution in [-0.2, 0) is 16.6 Å². The quantitative estimate of drug-likeness (QED) is 0.780. The predicted octanol–water partition coefficient (Wildman–Crippen LogP) is 1.27. The van der Waals surface area contributed by atoms with Crippen molar-refractivity contribution in [2.45, 2.75) is 37.8 Å². The van der Waals surface area contributed by atoms with Gasteiger partial charge in [-0.1, -0.05) is 19.9 Å². The van der Waals surface area contributed by atoms with Crippen LogP contribution in [0.1, 0.15) is 35.3 Å². The Hall–Kier alpha value is -2.08. The van der Waals surface area contributed by atoms with Crippen molar-refractivity contribution < 1.29 is 19.4 Å². The van der Waals surface area contributed by atoms with Crippen molar-refractivity contribution in [2.75, 3.05) is 7.11 Å². The lowest BCUT2D eigenvalue weighted by atomic mass is 9.67. The lowest BCUT2D eigenvalue weighted by molar-refractivity contribution is 0.0360. The number of primary amides is 1. The molecule has 0 bridgehead atoms. The summed E-state index contributed by atoms with van der Waals surface area (Å²) in [6.45, 7) is 3.87. The number of rotatable bonds is 3. The average Bonchev–Trinajstić information content (AvgIpc) is 2.41. The van der Waals surface area contributed by atoms with Crippen LogP contribution in [-0.4, -0.2) is 36.4 Å². The number of nitrogens with one attached hydrogen (secondary N) is 1. The van der Waals surface area contributed by atoms with Crippen LogP contribution in [0.5, 0.6) is 0 Å². The number of hydrogen-bond donors (Lipinski definition) is 3. The van der Waals surface area contributed by atoms with Crippen LogP contribution in [0, 0.1) is 0 Å². The van der Waals surface area contributed by atoms with Gasteiger partial charge in [-0.15, -0.1) is 0 Å². The topological polar surface area (TPSA) is 102 Å². The van der Waals surface area contributed by atoms with Gasteiger partial charge in [0.25, 0.3) is 0 Å². The summed E-state index contributed by atoms with van der Waals surface area (Å²) >= 11 is 0. The molecule has 1 aliphatic rings. The summed E-state index contributed by atoms with van der Waals surface area (Å²) in [6.07, 6.45) is -0.771. The molecule has 0 aliphatic heterocycles. The fourth-order valence-electron chi connectivity index (χ4n) is 3.10. The van der Waals surface area contributed by atoms with E-state index in [9.17, 15) is 9.59 Å². The van der Waals surface area contributed by atoms with E-state index in [1.807, 2.05) is 19.9 Å². The maximum atomic E-state index is 11.4. The fraction of sp³-hybridized carbons (Fsp3) is 0.467. The number of benzene rings is 1. The van der Waals surface area contributed by atoms with Crippen molar-refractivity contribution >= 4 is 12.0 Å². The van der Waals surface area contributed by atoms with E-state index in [0.29, 0.717) is 12.0 Å². The van der Waals surface area contributed by atoms with Gasteiger partial charge in [-0.25, -0.2) is 4.79 Å². The Kier molecular flexibility index (Phi) is 3.91. The molecule has 114 valence electrons. The number of methoxy groups -OCH3 is 1. The van der Waals surface area contributed by atoms with E-state index in [-0.39, 0.29) is 6.10 Å². The number of nitrogens with two attached hydrogens (primary N) is 1. The van der Waals surface area contributed by atoms with Crippen LogP contribution in [0.2, 0.25) is 0 Å². The Morgan fingerprint density at radius 3 is 2.62 bits per heavy atom. The van der Waals surface area contributed by atoms with Crippen LogP contribution >= 0.6 is 0 Å². The highest BCUT2D eigenvalue weighted by molar-refractivity contribution is 5.93. The van der Waals surface area contributed by atoms with E-state index in [1.54, 1.807) is 19.2 Å². The number of fused-ring (bicyclic) bond motifs is 1. The van der Waals surface area contributed by atoms with Gasteiger partial charge < -0.3 is 20.9 Å². The van der Waals surface area contributed by atoms with Crippen molar-refractivity contribution in [3.63, 3.8) is 0 Å². The van der Waals surface area contributed by atoms with E-state index >= 15 is 0 Å². The molecule has 2 atom stereocenters. The highest BCUT2D eigenvalue weighted by atomic mass is 16.5. The number of carbonyl (C=O) groups is 2. The highest BCUT2D eigenvalue weighted by Crippen LogP contribution is 2.38. The summed E-state index contributed by atoms with van der Waals surface area (Å²) in [4.78, 5) is 22.4. The van der Waals surface area contributed by atoms with Crippen LogP contribution < -0.4 is 11.1 Å². The Morgan fingerprint density at radius 1 is 1.43 bits per heavy atom. The van der Waals surface area contributed by atoms with Crippen LogP contribution in [0.3, 0.4) is 0 Å². The molecule has 1 aliphatic carbocycles. The Labute approximate surface area is 123 Å². The molecule has 1 aromatic carbocycles. The molecule has 6 heteroatoms. The van der Waals surface area contributed by atoms with Gasteiger partial charge in [0.15, 0.2) is 0 Å². The first-order valence-electron chi connectivity index (χ1n) is 6.72. The van der Waals surface area contributed by atoms with E-state index < -0.39 is 23.5 Å². The van der Waals surface area contributed by atoms with Crippen molar-refractivity contribution in [2.24, 2.45) is 5.73 Å². The Morgan fingerprint density at radius 2 is 2.10 bits per heavy atom. The van der Waals surface area contributed by atoms with Gasteiger partial charge in [-0.05, 0) is 23.3 Å². The second-order valence-electron chi connectivity index (χ2n) is 5.86. The van der Waals surface area contributed by atoms with Crippen LogP contribution in [0.25, 0.3) is 0 Å². The molecule has 0 fully saturated rings. The van der Waals surface area contributed by atoms with Gasteiger partial charge in [0, 0.05) is 24.5 Å². The van der Waals surface area contributed by atoms with Gasteiger partial charge in [-0.2, -0.15) is 0 Å². The van der Waals surface area contributed by atoms with Crippen molar-refractivity contribution in [3.8, 4) is 0 Å². The maximum Gasteiger partial charge on any atom is 0.404 e. The molecule has 2 amide bonds. The predicted molar refractivity (Wildman–Crippen MR) is 77.4 cm³/mol. The fourth-order valence-corrected chi connectivity index (χ4v) is 3.10. The van der Waals surface area contributed by atoms with E-state index in [0.717, 1.165) is 11.1 Å². The van der Waals surface area contributed by atoms with Gasteiger partial charge in [0.1, 0.15) is 0 Å². The second-order valence-corrected chi connectivity index (χ2v) is 5.86. The molecule has 0 spiro atoms. The number of carbonyl (C=O) groups excluding carboxylic acids is 1. The summed E-state index contributed by atoms with van der Waals surface area (Å²) < 4.78 is 5.46. The number of carboxylic acid groups (broad SMARTS) is 1. The largest absolute Gasteiger partial charge is 0.465 e. The number of hydrogen-bond acceptors (Lipinski definition) is 3. The molecule has 0 unspecified atom stereocenters. The molecule has 1 aromatic rings. The first kappa shape index (κ1) is 15.3. The lowest BCUT2D eigenvalue weighted by Gasteiger charge is -2.44. The summed E-state index contributed by atoms with van der Waals surface area (Å²) in [5, 5.41) is 11.6. The number of amides is 2. The summed E-state index contributed by atoms with van der Waals surface area (Å²) in [6, 6.07) is 4.89. The molecule has 0 radical (unpaired) electrons. The Bertz CT molecular complexity index is 583. The molecule has 21 heavy (non-hydrogen) atoms. The monoisotopic (exact) mass is 292 g/mol. The summed E-state index contributed by atoms with van der Waals surface area (Å²) in [5.74, 6) is -0.495. The molecular formula is C15H20N2O4. The molecule has 0 heterocycles. The van der Waals surface area contributed by atoms with E-state index in [1.165, 1.54) is 0 Å². The van der Waals surface area contributed by atoms with Crippen LogP contribution in [0.15, 0.2) is 18.2 Å². The molecule has 2 rings (SSSR count). The van der Waals surface area contributed by atoms with Gasteiger partial charge in [0.2, 0.25) is 5.91 Å². The molecule has 6 nitrogen and oxygen atoms in total. The third-order valence-electron chi connectivity index (χ3n) is 4.24. The van der Waals surface area contributed by atoms with E-state index in [2.05, 4.69) is 5.32 Å². The second kappa shape index (κ2) is 5.37. The lowest BCUT2D eigenvalue weighted by Crippen LogP contribution is -2.58. The molecular weight excluding hydrogens is 272 g/mol. The number of ether oxygens (including phenoxy) is 1. The van der Waals surface area contributed by atoms with Gasteiger partial charge in [0.05, 0.1) is 12.1 Å². The molecule has 4 N–H and O–H groups in total. The highest BCUT2D eigenvalue weighted by Gasteiger charge is 2.43. The van der Waals surface area contributed by atoms with Gasteiger partial charge in [-0.3, -0.25) is 4.79 Å². The maximum absolute atomic E-state index is 11.4. The first-order valence-corrected chi connectivity index (χ1v) is 6.72. The zero-order valence-electron chi connectivity index (χ0n) is 12.3. The van der Waals surface area contributed by atoms with E-state index in [4.69, 9.17) is 15.6 Å². The zero-order valence-corrected chi connectivity index (χ0v) is 12.3. The summed E-state index contributed by atoms with van der Waals surface area (Å²) in [5.41, 5.74) is 7.20. The normalized spacial score (nSPS) is 23.2. The van der Waals surface area contributed by atoms with Crippen molar-refractivity contribution in [1.29, 1.82) is 0 Å². The first-order chi connectivity index (χ1) is 9.77. The van der Waals surface area contributed by atoms with Crippen molar-refractivity contribution in [1.82, 2.24) is 5.32 Å². The average molecular weight is 292 g/mol. The minimum Gasteiger partial charge on any atom is -0.465 e.